The van der Waals surface area contributed by atoms with Crippen LogP contribution < -0.4 is 15.4 Å². The molecule has 0 heterocycles. The number of ether oxygens (including phenoxy) is 1. The van der Waals surface area contributed by atoms with Gasteiger partial charge in [0.25, 0.3) is 0 Å². The number of para-hydroxylation sites is 1. The summed E-state index contributed by atoms with van der Waals surface area (Å²) in [4.78, 5) is 4.27. The monoisotopic (exact) mass is 273 g/mol. The summed E-state index contributed by atoms with van der Waals surface area (Å²) in [6.07, 6.45) is 6.54. The fourth-order valence-corrected chi connectivity index (χ4v) is 2.25. The predicted molar refractivity (Wildman–Crippen MR) is 83.1 cm³/mol. The molecular formula is C16H23N3O. The maximum atomic E-state index is 5.63. The smallest absolute Gasteiger partial charge is 0.191 e. The van der Waals surface area contributed by atoms with Gasteiger partial charge in [0.15, 0.2) is 5.96 Å². The molecule has 1 aliphatic carbocycles. The van der Waals surface area contributed by atoms with Crippen molar-refractivity contribution in [2.75, 3.05) is 13.7 Å². The molecule has 0 bridgehead atoms. The molecule has 0 aromatic heterocycles. The molecular weight excluding hydrogens is 250 g/mol. The number of nitrogens with zero attached hydrogens (tertiary/aromatic N) is 1. The van der Waals surface area contributed by atoms with Crippen LogP contribution >= 0.6 is 0 Å². The zero-order valence-electron chi connectivity index (χ0n) is 12.2. The first-order valence-corrected chi connectivity index (χ1v) is 7.16. The van der Waals surface area contributed by atoms with Gasteiger partial charge in [-0.25, -0.2) is 0 Å². The Kier molecular flexibility index (Phi) is 5.47. The van der Waals surface area contributed by atoms with E-state index >= 15 is 0 Å². The lowest BCUT2D eigenvalue weighted by Crippen LogP contribution is -2.42. The lowest BCUT2D eigenvalue weighted by atomic mass is 10.2. The summed E-state index contributed by atoms with van der Waals surface area (Å²) in [5, 5.41) is 6.77. The second-order valence-electron chi connectivity index (χ2n) is 4.75. The van der Waals surface area contributed by atoms with Crippen LogP contribution in [0.3, 0.4) is 0 Å². The molecule has 0 atom stereocenters. The third kappa shape index (κ3) is 4.02. The zero-order valence-corrected chi connectivity index (χ0v) is 12.2. The first-order valence-electron chi connectivity index (χ1n) is 7.16. The molecule has 4 heteroatoms. The van der Waals surface area contributed by atoms with E-state index in [1.165, 1.54) is 0 Å². The zero-order chi connectivity index (χ0) is 14.2. The largest absolute Gasteiger partial charge is 0.494 e. The molecule has 0 fully saturated rings. The van der Waals surface area contributed by atoms with E-state index in [0.29, 0.717) is 19.2 Å². The molecule has 1 aromatic carbocycles. The minimum atomic E-state index is 0.461. The summed E-state index contributed by atoms with van der Waals surface area (Å²) in [6.45, 7) is 3.38. The highest BCUT2D eigenvalue weighted by Crippen LogP contribution is 2.17. The molecule has 0 unspecified atom stereocenters. The van der Waals surface area contributed by atoms with E-state index in [0.717, 1.165) is 30.1 Å². The lowest BCUT2D eigenvalue weighted by Gasteiger charge is -2.17. The fraction of sp³-hybridized carbons (Fsp3) is 0.438. The van der Waals surface area contributed by atoms with E-state index in [1.54, 1.807) is 7.05 Å². The molecule has 0 saturated heterocycles. The van der Waals surface area contributed by atoms with Gasteiger partial charge in [0.1, 0.15) is 5.75 Å². The van der Waals surface area contributed by atoms with Crippen LogP contribution in [-0.2, 0) is 6.54 Å². The van der Waals surface area contributed by atoms with E-state index in [1.807, 2.05) is 25.1 Å². The quantitative estimate of drug-likeness (QED) is 0.492. The minimum Gasteiger partial charge on any atom is -0.494 e. The number of guanidine groups is 1. The standard InChI is InChI=1S/C16H23N3O/c1-3-20-15-11-7-4-8-13(15)12-18-16(17-2)19-14-9-5-6-10-14/h4-8,11,14H,3,9-10,12H2,1-2H3,(H2,17,18,19). The Bertz CT molecular complexity index is 474. The second-order valence-corrected chi connectivity index (χ2v) is 4.75. The van der Waals surface area contributed by atoms with Crippen molar-refractivity contribution in [1.29, 1.82) is 0 Å². The number of rotatable bonds is 5. The van der Waals surface area contributed by atoms with E-state index < -0.39 is 0 Å². The van der Waals surface area contributed by atoms with Gasteiger partial charge in [0.2, 0.25) is 0 Å². The molecule has 0 spiro atoms. The lowest BCUT2D eigenvalue weighted by molar-refractivity contribution is 0.336. The Balaban J connectivity index is 1.89. The fourth-order valence-electron chi connectivity index (χ4n) is 2.25. The summed E-state index contributed by atoms with van der Waals surface area (Å²) in [6, 6.07) is 8.55. The van der Waals surface area contributed by atoms with E-state index in [9.17, 15) is 0 Å². The third-order valence-corrected chi connectivity index (χ3v) is 3.29. The highest BCUT2D eigenvalue weighted by Gasteiger charge is 2.11. The second kappa shape index (κ2) is 7.58. The van der Waals surface area contributed by atoms with Crippen molar-refractivity contribution in [2.45, 2.75) is 32.4 Å². The van der Waals surface area contributed by atoms with Gasteiger partial charge in [-0.15, -0.1) is 0 Å². The Morgan fingerprint density at radius 1 is 1.30 bits per heavy atom. The molecule has 2 N–H and O–H groups in total. The number of hydrogen-bond donors (Lipinski definition) is 2. The first kappa shape index (κ1) is 14.4. The summed E-state index contributed by atoms with van der Waals surface area (Å²) < 4.78 is 5.63. The summed E-state index contributed by atoms with van der Waals surface area (Å²) in [7, 11) is 1.80. The van der Waals surface area contributed by atoms with Gasteiger partial charge in [0, 0.05) is 25.2 Å². The average Bonchev–Trinajstić information content (AvgIpc) is 2.98. The highest BCUT2D eigenvalue weighted by atomic mass is 16.5. The molecule has 0 amide bonds. The van der Waals surface area contributed by atoms with Gasteiger partial charge in [-0.05, 0) is 25.8 Å². The van der Waals surface area contributed by atoms with Crippen molar-refractivity contribution in [3.8, 4) is 5.75 Å². The topological polar surface area (TPSA) is 45.6 Å². The number of hydrogen-bond acceptors (Lipinski definition) is 2. The minimum absolute atomic E-state index is 0.461. The molecule has 2 rings (SSSR count). The van der Waals surface area contributed by atoms with Gasteiger partial charge in [-0.1, -0.05) is 30.4 Å². The Labute approximate surface area is 120 Å². The van der Waals surface area contributed by atoms with Crippen LogP contribution in [0.25, 0.3) is 0 Å². The van der Waals surface area contributed by atoms with Crippen molar-refractivity contribution in [3.63, 3.8) is 0 Å². The summed E-state index contributed by atoms with van der Waals surface area (Å²) >= 11 is 0. The van der Waals surface area contributed by atoms with E-state index in [-0.39, 0.29) is 0 Å². The molecule has 108 valence electrons. The van der Waals surface area contributed by atoms with Crippen LogP contribution in [0.5, 0.6) is 5.75 Å². The third-order valence-electron chi connectivity index (χ3n) is 3.29. The molecule has 0 saturated carbocycles. The van der Waals surface area contributed by atoms with Crippen molar-refractivity contribution in [1.82, 2.24) is 10.6 Å². The van der Waals surface area contributed by atoms with Crippen LogP contribution in [0, 0.1) is 0 Å². The first-order chi connectivity index (χ1) is 9.83. The predicted octanol–water partition coefficient (Wildman–Crippen LogP) is 2.47. The summed E-state index contributed by atoms with van der Waals surface area (Å²) in [5.41, 5.74) is 1.14. The normalized spacial score (nSPS) is 15.4. The number of aliphatic imine (C=N–C) groups is 1. The van der Waals surface area contributed by atoms with E-state index in [4.69, 9.17) is 4.74 Å². The van der Waals surface area contributed by atoms with Gasteiger partial charge in [0.05, 0.1) is 6.61 Å². The maximum Gasteiger partial charge on any atom is 0.191 e. The molecule has 0 aliphatic heterocycles. The van der Waals surface area contributed by atoms with Crippen molar-refractivity contribution in [3.05, 3.63) is 42.0 Å². The van der Waals surface area contributed by atoms with Gasteiger partial charge in [-0.3, -0.25) is 4.99 Å². The van der Waals surface area contributed by atoms with Crippen LogP contribution in [0.2, 0.25) is 0 Å². The van der Waals surface area contributed by atoms with Crippen LogP contribution in [0.1, 0.15) is 25.3 Å². The molecule has 4 nitrogen and oxygen atoms in total. The number of nitrogens with one attached hydrogen (secondary N) is 2. The van der Waals surface area contributed by atoms with Gasteiger partial charge in [-0.2, -0.15) is 0 Å². The Morgan fingerprint density at radius 2 is 2.05 bits per heavy atom. The van der Waals surface area contributed by atoms with E-state index in [2.05, 4.69) is 33.8 Å². The Hall–Kier alpha value is -1.97. The SMILES string of the molecule is CCOc1ccccc1CNC(=NC)NC1CC=CC1. The van der Waals surface area contributed by atoms with Gasteiger partial charge < -0.3 is 15.4 Å². The van der Waals surface area contributed by atoms with Crippen LogP contribution in [0.4, 0.5) is 0 Å². The number of benzene rings is 1. The molecule has 0 radical (unpaired) electrons. The Morgan fingerprint density at radius 3 is 2.75 bits per heavy atom. The van der Waals surface area contributed by atoms with Crippen LogP contribution in [0.15, 0.2) is 41.4 Å². The average molecular weight is 273 g/mol. The van der Waals surface area contributed by atoms with Crippen LogP contribution in [-0.4, -0.2) is 25.7 Å². The molecule has 1 aromatic rings. The van der Waals surface area contributed by atoms with Crippen molar-refractivity contribution in [2.24, 2.45) is 4.99 Å². The molecule has 20 heavy (non-hydrogen) atoms. The van der Waals surface area contributed by atoms with Crippen molar-refractivity contribution < 1.29 is 4.74 Å². The molecule has 1 aliphatic rings. The summed E-state index contributed by atoms with van der Waals surface area (Å²) in [5.74, 6) is 1.77. The van der Waals surface area contributed by atoms with Gasteiger partial charge >= 0.3 is 0 Å². The maximum absolute atomic E-state index is 5.63. The highest BCUT2D eigenvalue weighted by molar-refractivity contribution is 5.80. The van der Waals surface area contributed by atoms with Crippen molar-refractivity contribution >= 4 is 5.96 Å².